The Morgan fingerprint density at radius 1 is 1.48 bits per heavy atom. The van der Waals surface area contributed by atoms with Crippen LogP contribution in [0.1, 0.15) is 31.4 Å². The second-order valence-electron chi connectivity index (χ2n) is 5.26. The summed E-state index contributed by atoms with van der Waals surface area (Å²) >= 11 is 0. The van der Waals surface area contributed by atoms with E-state index in [9.17, 15) is 9.59 Å². The molecule has 1 aliphatic rings. The van der Waals surface area contributed by atoms with E-state index < -0.39 is 0 Å². The number of amides is 1. The van der Waals surface area contributed by atoms with Crippen molar-refractivity contribution in [2.24, 2.45) is 0 Å². The summed E-state index contributed by atoms with van der Waals surface area (Å²) in [7, 11) is 1.39. The van der Waals surface area contributed by atoms with Crippen LogP contribution < -0.4 is 5.32 Å². The highest BCUT2D eigenvalue weighted by molar-refractivity contribution is 5.78. The fraction of sp³-hybridized carbons (Fsp3) is 0.600. The van der Waals surface area contributed by atoms with Crippen molar-refractivity contribution in [3.63, 3.8) is 0 Å². The molecule has 1 aromatic heterocycles. The number of carbonyl (C=O) groups excluding carboxylic acids is 2. The minimum atomic E-state index is -0.220. The molecule has 0 radical (unpaired) electrons. The normalized spacial score (nSPS) is 19.2. The number of esters is 1. The molecule has 2 heterocycles. The largest absolute Gasteiger partial charge is 0.469 e. The summed E-state index contributed by atoms with van der Waals surface area (Å²) in [5.74, 6) is 0.458. The van der Waals surface area contributed by atoms with Crippen molar-refractivity contribution in [2.75, 3.05) is 20.2 Å². The zero-order chi connectivity index (χ0) is 15.1. The molecule has 1 fully saturated rings. The molecule has 0 saturated carbocycles. The van der Waals surface area contributed by atoms with Crippen LogP contribution in [0.15, 0.2) is 22.8 Å². The Morgan fingerprint density at radius 2 is 2.33 bits per heavy atom. The maximum Gasteiger partial charge on any atom is 0.307 e. The highest BCUT2D eigenvalue weighted by Gasteiger charge is 2.26. The monoisotopic (exact) mass is 294 g/mol. The Labute approximate surface area is 124 Å². The van der Waals surface area contributed by atoms with Gasteiger partial charge in [0.1, 0.15) is 5.76 Å². The number of nitrogens with one attached hydrogen (secondary N) is 1. The van der Waals surface area contributed by atoms with Gasteiger partial charge in [-0.2, -0.15) is 0 Å². The Balaban J connectivity index is 1.80. The van der Waals surface area contributed by atoms with Gasteiger partial charge in [-0.1, -0.05) is 6.42 Å². The molecule has 0 spiro atoms. The van der Waals surface area contributed by atoms with Crippen LogP contribution in [0.5, 0.6) is 0 Å². The summed E-state index contributed by atoms with van der Waals surface area (Å²) < 4.78 is 9.90. The molecule has 6 nitrogen and oxygen atoms in total. The van der Waals surface area contributed by atoms with Crippen LogP contribution in [0, 0.1) is 0 Å². The number of furan rings is 1. The van der Waals surface area contributed by atoms with Crippen LogP contribution in [-0.2, 0) is 20.9 Å². The van der Waals surface area contributed by atoms with Crippen molar-refractivity contribution >= 4 is 11.9 Å². The Morgan fingerprint density at radius 3 is 3.05 bits per heavy atom. The fourth-order valence-electron chi connectivity index (χ4n) is 2.61. The topological polar surface area (TPSA) is 71.8 Å². The van der Waals surface area contributed by atoms with Crippen LogP contribution in [0.4, 0.5) is 0 Å². The van der Waals surface area contributed by atoms with Crippen molar-refractivity contribution in [1.82, 2.24) is 10.2 Å². The minimum Gasteiger partial charge on any atom is -0.469 e. The average Bonchev–Trinajstić information content (AvgIpc) is 3.00. The summed E-state index contributed by atoms with van der Waals surface area (Å²) in [6.45, 7) is 1.54. The molecule has 0 aliphatic carbocycles. The summed E-state index contributed by atoms with van der Waals surface area (Å²) in [6, 6.07) is 3.71. The third kappa shape index (κ3) is 4.90. The molecule has 116 valence electrons. The van der Waals surface area contributed by atoms with E-state index in [2.05, 4.69) is 10.2 Å². The summed E-state index contributed by atoms with van der Waals surface area (Å²) in [4.78, 5) is 25.5. The Hall–Kier alpha value is -1.82. The number of rotatable bonds is 6. The maximum absolute atomic E-state index is 12.0. The standard InChI is InChI=1S/C15H22N2O4/c1-20-15(19)9-12-5-2-3-7-17(12)11-14(18)16-10-13-6-4-8-21-13/h4,6,8,12H,2-3,5,7,9-11H2,1H3,(H,16,18)/t12-/m0/s1. The quantitative estimate of drug-likeness (QED) is 0.801. The SMILES string of the molecule is COC(=O)C[C@@H]1CCCCN1CC(=O)NCc1ccco1. The summed E-state index contributed by atoms with van der Waals surface area (Å²) in [6.07, 6.45) is 5.01. The van der Waals surface area contributed by atoms with Gasteiger partial charge in [0.15, 0.2) is 0 Å². The highest BCUT2D eigenvalue weighted by Crippen LogP contribution is 2.19. The molecule has 1 aromatic rings. The highest BCUT2D eigenvalue weighted by atomic mass is 16.5. The van der Waals surface area contributed by atoms with Crippen molar-refractivity contribution < 1.29 is 18.7 Å². The minimum absolute atomic E-state index is 0.0526. The van der Waals surface area contributed by atoms with Gasteiger partial charge in [0, 0.05) is 6.04 Å². The lowest BCUT2D eigenvalue weighted by Crippen LogP contribution is -2.46. The molecule has 6 heteroatoms. The van der Waals surface area contributed by atoms with Crippen molar-refractivity contribution in [1.29, 1.82) is 0 Å². The van der Waals surface area contributed by atoms with Crippen LogP contribution in [0.3, 0.4) is 0 Å². The van der Waals surface area contributed by atoms with E-state index in [0.29, 0.717) is 19.5 Å². The maximum atomic E-state index is 12.0. The second-order valence-corrected chi connectivity index (χ2v) is 5.26. The third-order valence-corrected chi connectivity index (χ3v) is 3.77. The number of piperidine rings is 1. The molecule has 1 atom stereocenters. The van der Waals surface area contributed by atoms with E-state index in [0.717, 1.165) is 31.6 Å². The van der Waals surface area contributed by atoms with Gasteiger partial charge in [0.2, 0.25) is 5.91 Å². The molecule has 0 bridgehead atoms. The number of nitrogens with zero attached hydrogens (tertiary/aromatic N) is 1. The van der Waals surface area contributed by atoms with Gasteiger partial charge in [-0.05, 0) is 31.5 Å². The van der Waals surface area contributed by atoms with Gasteiger partial charge in [-0.15, -0.1) is 0 Å². The van der Waals surface area contributed by atoms with Crippen LogP contribution in [0.2, 0.25) is 0 Å². The molecule has 1 amide bonds. The zero-order valence-electron chi connectivity index (χ0n) is 12.3. The molecule has 1 aliphatic heterocycles. The number of hydrogen-bond donors (Lipinski definition) is 1. The molecule has 1 saturated heterocycles. The molecule has 0 aromatic carbocycles. The van der Waals surface area contributed by atoms with Gasteiger partial charge in [-0.25, -0.2) is 0 Å². The van der Waals surface area contributed by atoms with Gasteiger partial charge >= 0.3 is 5.97 Å². The Kier molecular flexibility index (Phi) is 5.80. The average molecular weight is 294 g/mol. The van der Waals surface area contributed by atoms with Crippen LogP contribution in [-0.4, -0.2) is 43.0 Å². The third-order valence-electron chi connectivity index (χ3n) is 3.77. The van der Waals surface area contributed by atoms with Crippen molar-refractivity contribution in [2.45, 2.75) is 38.3 Å². The smallest absolute Gasteiger partial charge is 0.307 e. The molecule has 0 unspecified atom stereocenters. The Bertz CT molecular complexity index is 458. The molecular weight excluding hydrogens is 272 g/mol. The number of carbonyl (C=O) groups is 2. The first-order valence-electron chi connectivity index (χ1n) is 7.29. The van der Waals surface area contributed by atoms with E-state index in [1.54, 1.807) is 12.3 Å². The fourth-order valence-corrected chi connectivity index (χ4v) is 2.61. The van der Waals surface area contributed by atoms with E-state index >= 15 is 0 Å². The number of hydrogen-bond acceptors (Lipinski definition) is 5. The number of ether oxygens (including phenoxy) is 1. The number of likely N-dealkylation sites (tertiary alicyclic amines) is 1. The van der Waals surface area contributed by atoms with E-state index in [4.69, 9.17) is 9.15 Å². The second kappa shape index (κ2) is 7.83. The first kappa shape index (κ1) is 15.6. The molecule has 21 heavy (non-hydrogen) atoms. The first-order chi connectivity index (χ1) is 10.2. The first-order valence-corrected chi connectivity index (χ1v) is 7.29. The van der Waals surface area contributed by atoms with Crippen molar-refractivity contribution in [3.05, 3.63) is 24.2 Å². The number of methoxy groups -OCH3 is 1. The van der Waals surface area contributed by atoms with Gasteiger partial charge in [-0.3, -0.25) is 14.5 Å². The zero-order valence-corrected chi connectivity index (χ0v) is 12.3. The molecule has 2 rings (SSSR count). The van der Waals surface area contributed by atoms with Crippen molar-refractivity contribution in [3.8, 4) is 0 Å². The predicted octanol–water partition coefficient (Wildman–Crippen LogP) is 1.31. The summed E-state index contributed by atoms with van der Waals surface area (Å²) in [5, 5.41) is 2.83. The van der Waals surface area contributed by atoms with Gasteiger partial charge in [0.25, 0.3) is 0 Å². The van der Waals surface area contributed by atoms with E-state index in [-0.39, 0.29) is 17.9 Å². The van der Waals surface area contributed by atoms with E-state index in [1.807, 2.05) is 6.07 Å². The van der Waals surface area contributed by atoms with Crippen LogP contribution in [0.25, 0.3) is 0 Å². The lowest BCUT2D eigenvalue weighted by Gasteiger charge is -2.34. The summed E-state index contributed by atoms with van der Waals surface area (Å²) in [5.41, 5.74) is 0. The molecule has 1 N–H and O–H groups in total. The van der Waals surface area contributed by atoms with Gasteiger partial charge < -0.3 is 14.5 Å². The predicted molar refractivity (Wildman–Crippen MR) is 76.4 cm³/mol. The van der Waals surface area contributed by atoms with Crippen LogP contribution >= 0.6 is 0 Å². The lowest BCUT2D eigenvalue weighted by atomic mass is 9.99. The lowest BCUT2D eigenvalue weighted by molar-refractivity contribution is -0.143. The van der Waals surface area contributed by atoms with E-state index in [1.165, 1.54) is 7.11 Å². The molecular formula is C15H22N2O4. The van der Waals surface area contributed by atoms with Gasteiger partial charge in [0.05, 0.1) is 32.9 Å².